The smallest absolute Gasteiger partial charge is 0.261 e. The number of nitrogens with zero attached hydrogens (tertiary/aromatic N) is 4. The molecule has 0 atom stereocenters. The SMILES string of the molecule is CCCCc1nc(Cl)c(/C=N/Nc2ccc3c4c(cccc24)C(=O)N(CCO)C3=O)n1Cc1cccc(F)c1. The number of hydrazone groups is 1. The van der Waals surface area contributed by atoms with Crippen LogP contribution in [-0.2, 0) is 13.0 Å². The number of aromatic nitrogens is 2. The van der Waals surface area contributed by atoms with E-state index in [1.54, 1.807) is 36.5 Å². The van der Waals surface area contributed by atoms with E-state index in [1.165, 1.54) is 12.1 Å². The van der Waals surface area contributed by atoms with E-state index in [-0.39, 0.29) is 19.0 Å². The Morgan fingerprint density at radius 3 is 2.62 bits per heavy atom. The number of unbranched alkanes of at least 4 members (excludes halogenated alkanes) is 1. The van der Waals surface area contributed by atoms with Crippen LogP contribution >= 0.6 is 11.6 Å². The first-order valence-corrected chi connectivity index (χ1v) is 13.1. The van der Waals surface area contributed by atoms with Crippen molar-refractivity contribution in [3.8, 4) is 0 Å². The molecular formula is C29H27ClFN5O3. The van der Waals surface area contributed by atoms with Gasteiger partial charge in [0.15, 0.2) is 5.15 Å². The summed E-state index contributed by atoms with van der Waals surface area (Å²) in [5, 5.41) is 15.2. The number of aryl methyl sites for hydroxylation is 1. The number of amides is 2. The van der Waals surface area contributed by atoms with E-state index in [9.17, 15) is 19.1 Å². The second-order valence-corrected chi connectivity index (χ2v) is 9.63. The van der Waals surface area contributed by atoms with Crippen molar-refractivity contribution in [3.63, 3.8) is 0 Å². The minimum Gasteiger partial charge on any atom is -0.395 e. The highest BCUT2D eigenvalue weighted by atomic mass is 35.5. The van der Waals surface area contributed by atoms with Crippen LogP contribution in [0.15, 0.2) is 59.7 Å². The maximum atomic E-state index is 13.8. The number of hydrogen-bond acceptors (Lipinski definition) is 6. The van der Waals surface area contributed by atoms with Gasteiger partial charge in [0.05, 0.1) is 25.1 Å². The number of imide groups is 1. The van der Waals surface area contributed by atoms with Crippen LogP contribution in [0, 0.1) is 5.82 Å². The molecule has 0 saturated heterocycles. The number of halogens is 2. The molecule has 1 aliphatic heterocycles. The highest BCUT2D eigenvalue weighted by molar-refractivity contribution is 6.31. The lowest BCUT2D eigenvalue weighted by atomic mass is 9.93. The molecule has 0 radical (unpaired) electrons. The zero-order valence-corrected chi connectivity index (χ0v) is 22.1. The molecule has 200 valence electrons. The number of carbonyl (C=O) groups is 2. The molecule has 0 saturated carbocycles. The van der Waals surface area contributed by atoms with E-state index < -0.39 is 11.8 Å². The van der Waals surface area contributed by atoms with Gasteiger partial charge >= 0.3 is 0 Å². The normalized spacial score (nSPS) is 13.2. The van der Waals surface area contributed by atoms with Gasteiger partial charge in [-0.3, -0.25) is 19.9 Å². The lowest BCUT2D eigenvalue weighted by Crippen LogP contribution is -2.41. The van der Waals surface area contributed by atoms with Crippen molar-refractivity contribution in [2.24, 2.45) is 5.10 Å². The molecule has 1 aliphatic rings. The third kappa shape index (κ3) is 5.15. The van der Waals surface area contributed by atoms with Crippen LogP contribution in [0.4, 0.5) is 10.1 Å². The second kappa shape index (κ2) is 11.3. The molecule has 8 nitrogen and oxygen atoms in total. The van der Waals surface area contributed by atoms with Gasteiger partial charge in [0.2, 0.25) is 0 Å². The van der Waals surface area contributed by atoms with Crippen molar-refractivity contribution >= 4 is 46.1 Å². The fourth-order valence-electron chi connectivity index (χ4n) is 4.83. The molecule has 0 bridgehead atoms. The van der Waals surface area contributed by atoms with Gasteiger partial charge in [0, 0.05) is 34.9 Å². The summed E-state index contributed by atoms with van der Waals surface area (Å²) in [5.74, 6) is -0.413. The van der Waals surface area contributed by atoms with E-state index in [0.717, 1.165) is 35.6 Å². The van der Waals surface area contributed by atoms with Crippen molar-refractivity contribution < 1.29 is 19.1 Å². The molecule has 0 unspecified atom stereocenters. The van der Waals surface area contributed by atoms with Crippen molar-refractivity contribution in [2.45, 2.75) is 32.7 Å². The van der Waals surface area contributed by atoms with Gasteiger partial charge in [0.1, 0.15) is 17.3 Å². The van der Waals surface area contributed by atoms with Crippen LogP contribution < -0.4 is 5.43 Å². The Morgan fingerprint density at radius 1 is 1.10 bits per heavy atom. The van der Waals surface area contributed by atoms with Gasteiger partial charge in [0.25, 0.3) is 11.8 Å². The van der Waals surface area contributed by atoms with Crippen molar-refractivity contribution in [2.75, 3.05) is 18.6 Å². The molecule has 0 spiro atoms. The largest absolute Gasteiger partial charge is 0.395 e. The van der Waals surface area contributed by atoms with E-state index >= 15 is 0 Å². The molecule has 2 amide bonds. The molecule has 39 heavy (non-hydrogen) atoms. The Bertz CT molecular complexity index is 1580. The molecule has 5 rings (SSSR count). The van der Waals surface area contributed by atoms with E-state index in [0.29, 0.717) is 45.0 Å². The summed E-state index contributed by atoms with van der Waals surface area (Å²) in [5.41, 5.74) is 5.75. The van der Waals surface area contributed by atoms with Crippen LogP contribution in [0.3, 0.4) is 0 Å². The summed E-state index contributed by atoms with van der Waals surface area (Å²) in [6.07, 6.45) is 4.21. The van der Waals surface area contributed by atoms with Crippen LogP contribution in [0.1, 0.15) is 57.6 Å². The number of carbonyl (C=O) groups excluding carboxylic acids is 2. The summed E-state index contributed by atoms with van der Waals surface area (Å²) in [4.78, 5) is 31.5. The highest BCUT2D eigenvalue weighted by Gasteiger charge is 2.32. The number of β-amino-alcohol motifs (C(OH)–C–C–N with tert-alkyl or cyclic N) is 1. The van der Waals surface area contributed by atoms with Gasteiger partial charge in [-0.2, -0.15) is 5.10 Å². The van der Waals surface area contributed by atoms with Crippen LogP contribution in [0.2, 0.25) is 5.15 Å². The van der Waals surface area contributed by atoms with Crippen molar-refractivity contribution in [1.82, 2.24) is 14.5 Å². The average molecular weight is 548 g/mol. The molecule has 3 aromatic carbocycles. The molecule has 1 aromatic heterocycles. The first-order valence-electron chi connectivity index (χ1n) is 12.7. The number of rotatable bonds is 10. The Morgan fingerprint density at radius 2 is 1.87 bits per heavy atom. The van der Waals surface area contributed by atoms with Gasteiger partial charge in [-0.25, -0.2) is 9.37 Å². The number of benzene rings is 3. The lowest BCUT2D eigenvalue weighted by Gasteiger charge is -2.27. The van der Waals surface area contributed by atoms with Gasteiger partial charge < -0.3 is 9.67 Å². The summed E-state index contributed by atoms with van der Waals surface area (Å²) < 4.78 is 15.8. The third-order valence-electron chi connectivity index (χ3n) is 6.71. The Hall–Kier alpha value is -4.08. The first-order chi connectivity index (χ1) is 18.9. The fraction of sp³-hybridized carbons (Fsp3) is 0.241. The Balaban J connectivity index is 1.48. The van der Waals surface area contributed by atoms with Gasteiger partial charge in [-0.05, 0) is 42.3 Å². The highest BCUT2D eigenvalue weighted by Crippen LogP contribution is 2.34. The molecule has 0 aliphatic carbocycles. The maximum Gasteiger partial charge on any atom is 0.261 e. The fourth-order valence-corrected chi connectivity index (χ4v) is 5.08. The van der Waals surface area contributed by atoms with E-state index in [2.05, 4.69) is 22.4 Å². The minimum absolute atomic E-state index is 0.0674. The Labute approximate surface area is 229 Å². The predicted octanol–water partition coefficient (Wildman–Crippen LogP) is 5.25. The number of aliphatic hydroxyl groups is 1. The van der Waals surface area contributed by atoms with Gasteiger partial charge in [-0.1, -0.05) is 49.2 Å². The number of aliphatic hydroxyl groups excluding tert-OH is 1. The zero-order chi connectivity index (χ0) is 27.5. The molecule has 10 heteroatoms. The predicted molar refractivity (Wildman–Crippen MR) is 149 cm³/mol. The zero-order valence-electron chi connectivity index (χ0n) is 21.3. The molecular weight excluding hydrogens is 521 g/mol. The van der Waals surface area contributed by atoms with Crippen molar-refractivity contribution in [1.29, 1.82) is 0 Å². The summed E-state index contributed by atoms with van der Waals surface area (Å²) in [7, 11) is 0. The maximum absolute atomic E-state index is 13.8. The molecule has 2 heterocycles. The lowest BCUT2D eigenvalue weighted by molar-refractivity contribution is 0.0580. The molecule has 0 fully saturated rings. The number of nitrogens with one attached hydrogen (secondary N) is 1. The summed E-state index contributed by atoms with van der Waals surface area (Å²) in [6.45, 7) is 2.10. The van der Waals surface area contributed by atoms with Crippen LogP contribution in [0.25, 0.3) is 10.8 Å². The topological polar surface area (TPSA) is 99.8 Å². The standard InChI is InChI=1S/C29H27ClFN5O3/c1-2-3-10-25-33-27(30)24(36(25)17-18-6-4-7-19(31)15-18)16-32-34-23-12-11-22-26-20(23)8-5-9-21(26)28(38)35(13-14-37)29(22)39/h4-9,11-12,15-16,34,37H,2-3,10,13-14,17H2,1H3/b32-16+. The van der Waals surface area contributed by atoms with Gasteiger partial charge in [-0.15, -0.1) is 0 Å². The van der Waals surface area contributed by atoms with Crippen LogP contribution in [-0.4, -0.2) is 50.7 Å². The average Bonchev–Trinajstić information content (AvgIpc) is 3.22. The quantitative estimate of drug-likeness (QED) is 0.160. The number of hydrogen-bond donors (Lipinski definition) is 2. The summed E-state index contributed by atoms with van der Waals surface area (Å²) >= 11 is 6.52. The van der Waals surface area contributed by atoms with E-state index in [4.69, 9.17) is 11.6 Å². The number of anilines is 1. The minimum atomic E-state index is -0.444. The van der Waals surface area contributed by atoms with Crippen LogP contribution in [0.5, 0.6) is 0 Å². The second-order valence-electron chi connectivity index (χ2n) is 9.27. The summed E-state index contributed by atoms with van der Waals surface area (Å²) in [6, 6.07) is 15.0. The Kier molecular flexibility index (Phi) is 7.72. The third-order valence-corrected chi connectivity index (χ3v) is 6.99. The first kappa shape index (κ1) is 26.5. The molecule has 4 aromatic rings. The monoisotopic (exact) mass is 547 g/mol. The van der Waals surface area contributed by atoms with E-state index in [1.807, 2.05) is 16.7 Å². The molecule has 2 N–H and O–H groups in total. The van der Waals surface area contributed by atoms with Crippen molar-refractivity contribution in [3.05, 3.63) is 93.8 Å². The number of imidazole rings is 1.